The average Bonchev–Trinajstić information content (AvgIpc) is 2.98. The summed E-state index contributed by atoms with van der Waals surface area (Å²) in [5, 5.41) is 11.4. The first kappa shape index (κ1) is 27.9. The summed E-state index contributed by atoms with van der Waals surface area (Å²) in [5.41, 5.74) is 1.79. The van der Waals surface area contributed by atoms with Crippen LogP contribution in [0, 0.1) is 21.3 Å². The van der Waals surface area contributed by atoms with E-state index in [0.717, 1.165) is 20.6 Å². The van der Waals surface area contributed by atoms with Crippen molar-refractivity contribution in [1.82, 2.24) is 4.57 Å². The van der Waals surface area contributed by atoms with Crippen molar-refractivity contribution in [2.45, 2.75) is 54.0 Å². The molecule has 1 aromatic carbocycles. The summed E-state index contributed by atoms with van der Waals surface area (Å²) < 4.78 is 27.3. The first-order valence-corrected chi connectivity index (χ1v) is 9.90. The number of aromatic nitrogens is 1. The Morgan fingerprint density at radius 2 is 1.76 bits per heavy atom. The van der Waals surface area contributed by atoms with Crippen LogP contribution in [-0.2, 0) is 45.7 Å². The van der Waals surface area contributed by atoms with Crippen molar-refractivity contribution in [2.24, 2.45) is 0 Å². The molecule has 0 bridgehead atoms. The number of hydrogen-bond acceptors (Lipinski definition) is 3. The van der Waals surface area contributed by atoms with Gasteiger partial charge in [-0.1, -0.05) is 45.0 Å². The first-order chi connectivity index (χ1) is 12.9. The molecule has 3 aromatic rings. The molecule has 0 saturated carbocycles. The standard InChI is InChI=1S/C19H19F2NO2S.C2H6.CH3.Y/c1-4-12-11(3)25-19-16(12)17(23)15(13-8-6-5-7-10(13)2)18(24)22(19)9-14(20)21;1-2;;/h5-8,14,23H,4,9H2,1-3H3;1-2H3;1H3;/q;;-1;. The van der Waals surface area contributed by atoms with E-state index in [1.54, 1.807) is 12.1 Å². The van der Waals surface area contributed by atoms with Crippen molar-refractivity contribution in [3.63, 3.8) is 0 Å². The Balaban J connectivity index is 0.00000190. The maximum atomic E-state index is 13.1. The molecule has 0 aliphatic heterocycles. The molecule has 7 heteroatoms. The molecule has 1 N–H and O–H groups in total. The summed E-state index contributed by atoms with van der Waals surface area (Å²) >= 11 is 1.28. The Hall–Kier alpha value is -1.11. The molecule has 0 aliphatic rings. The van der Waals surface area contributed by atoms with E-state index >= 15 is 0 Å². The molecule has 3 rings (SSSR count). The van der Waals surface area contributed by atoms with Crippen molar-refractivity contribution in [1.29, 1.82) is 0 Å². The van der Waals surface area contributed by atoms with E-state index < -0.39 is 18.5 Å². The predicted octanol–water partition coefficient (Wildman–Crippen LogP) is 6.35. The van der Waals surface area contributed by atoms with Gasteiger partial charge in [-0.05, 0) is 37.0 Å². The van der Waals surface area contributed by atoms with Gasteiger partial charge in [-0.25, -0.2) is 8.78 Å². The number of hydrogen-bond donors (Lipinski definition) is 1. The molecule has 0 spiro atoms. The quantitative estimate of drug-likeness (QED) is 0.427. The van der Waals surface area contributed by atoms with Crippen LogP contribution in [-0.4, -0.2) is 16.1 Å². The fraction of sp³-hybridized carbons (Fsp3) is 0.364. The number of aromatic hydroxyl groups is 1. The first-order valence-electron chi connectivity index (χ1n) is 9.08. The molecule has 0 fully saturated rings. The topological polar surface area (TPSA) is 42.2 Å². The van der Waals surface area contributed by atoms with E-state index in [-0.39, 0.29) is 51.4 Å². The van der Waals surface area contributed by atoms with Gasteiger partial charge in [-0.2, -0.15) is 0 Å². The van der Waals surface area contributed by atoms with Crippen LogP contribution in [0.2, 0.25) is 0 Å². The Kier molecular flexibility index (Phi) is 11.5. The maximum absolute atomic E-state index is 13.1. The van der Waals surface area contributed by atoms with Gasteiger partial charge in [0.1, 0.15) is 10.6 Å². The zero-order valence-electron chi connectivity index (χ0n) is 17.8. The van der Waals surface area contributed by atoms with E-state index in [0.29, 0.717) is 22.2 Å². The second kappa shape index (κ2) is 11.9. The van der Waals surface area contributed by atoms with Crippen LogP contribution in [0.15, 0.2) is 29.1 Å². The summed E-state index contributed by atoms with van der Waals surface area (Å²) in [6.45, 7) is 8.98. The summed E-state index contributed by atoms with van der Waals surface area (Å²) in [4.78, 5) is 14.3. The SMILES string of the molecule is CC.CCc1c(C)sc2c1c(O)c(-c1ccccc1C)c(=O)n2CC(F)F.[CH3-].[Y]. The molecule has 0 atom stereocenters. The number of pyridine rings is 1. The predicted molar refractivity (Wildman–Crippen MR) is 116 cm³/mol. The fourth-order valence-corrected chi connectivity index (χ4v) is 4.53. The average molecular weight is 497 g/mol. The monoisotopic (exact) mass is 497 g/mol. The third-order valence-electron chi connectivity index (χ3n) is 4.46. The van der Waals surface area contributed by atoms with Gasteiger partial charge in [0.05, 0.1) is 17.5 Å². The van der Waals surface area contributed by atoms with Gasteiger partial charge in [0.25, 0.3) is 12.0 Å². The Morgan fingerprint density at radius 3 is 2.28 bits per heavy atom. The molecule has 0 unspecified atom stereocenters. The van der Waals surface area contributed by atoms with Crippen LogP contribution in [0.1, 0.15) is 36.8 Å². The number of thiophene rings is 1. The minimum atomic E-state index is -2.65. The van der Waals surface area contributed by atoms with Crippen LogP contribution in [0.4, 0.5) is 8.78 Å². The zero-order valence-corrected chi connectivity index (χ0v) is 21.5. The summed E-state index contributed by atoms with van der Waals surface area (Å²) in [5.74, 6) is -0.110. The molecular weight excluding hydrogens is 469 g/mol. The number of fused-ring (bicyclic) bond motifs is 1. The third-order valence-corrected chi connectivity index (χ3v) is 5.63. The van der Waals surface area contributed by atoms with Gasteiger partial charge in [0.2, 0.25) is 0 Å². The smallest absolute Gasteiger partial charge is 0.263 e. The molecule has 1 radical (unpaired) electrons. The Bertz CT molecular complexity index is 1010. The molecule has 0 saturated heterocycles. The Morgan fingerprint density at radius 1 is 1.17 bits per heavy atom. The van der Waals surface area contributed by atoms with E-state index in [9.17, 15) is 18.7 Å². The number of aryl methyl sites for hydroxylation is 3. The molecule has 0 amide bonds. The number of halogens is 2. The molecule has 157 valence electrons. The number of nitrogens with zero attached hydrogens (tertiary/aromatic N) is 1. The summed E-state index contributed by atoms with van der Waals surface area (Å²) in [6, 6.07) is 7.16. The van der Waals surface area contributed by atoms with Crippen molar-refractivity contribution in [3.8, 4) is 16.9 Å². The number of alkyl halides is 2. The van der Waals surface area contributed by atoms with E-state index in [2.05, 4.69) is 0 Å². The molecule has 0 aliphatic carbocycles. The van der Waals surface area contributed by atoms with E-state index in [1.165, 1.54) is 11.3 Å². The van der Waals surface area contributed by atoms with Crippen LogP contribution in [0.25, 0.3) is 21.3 Å². The van der Waals surface area contributed by atoms with Crippen molar-refractivity contribution in [3.05, 3.63) is 58.0 Å². The minimum absolute atomic E-state index is 0. The molecule has 2 aromatic heterocycles. The van der Waals surface area contributed by atoms with Gasteiger partial charge in [0.15, 0.2) is 0 Å². The molecular formula is C22H28F2NO2SY-. The Labute approximate surface area is 200 Å². The number of benzene rings is 1. The second-order valence-electron chi connectivity index (χ2n) is 6.02. The van der Waals surface area contributed by atoms with Gasteiger partial charge in [-0.15, -0.1) is 11.3 Å². The second-order valence-corrected chi connectivity index (χ2v) is 7.22. The zero-order chi connectivity index (χ0) is 20.3. The third kappa shape index (κ3) is 5.33. The van der Waals surface area contributed by atoms with Gasteiger partial charge in [0, 0.05) is 37.6 Å². The van der Waals surface area contributed by atoms with Crippen LogP contribution < -0.4 is 5.56 Å². The van der Waals surface area contributed by atoms with E-state index in [4.69, 9.17) is 0 Å². The maximum Gasteiger partial charge on any atom is 0.263 e. The molecule has 2 heterocycles. The van der Waals surface area contributed by atoms with Crippen molar-refractivity contribution < 1.29 is 46.6 Å². The van der Waals surface area contributed by atoms with E-state index in [1.807, 2.05) is 46.8 Å². The number of rotatable bonds is 4. The molecule has 3 nitrogen and oxygen atoms in total. The van der Waals surface area contributed by atoms with Gasteiger partial charge < -0.3 is 12.5 Å². The molecule has 29 heavy (non-hydrogen) atoms. The van der Waals surface area contributed by atoms with Crippen LogP contribution in [0.5, 0.6) is 5.75 Å². The van der Waals surface area contributed by atoms with Crippen molar-refractivity contribution >= 4 is 21.6 Å². The minimum Gasteiger partial charge on any atom is -0.506 e. The largest absolute Gasteiger partial charge is 0.506 e. The van der Waals surface area contributed by atoms with Crippen LogP contribution >= 0.6 is 11.3 Å². The fourth-order valence-electron chi connectivity index (χ4n) is 3.28. The summed E-state index contributed by atoms with van der Waals surface area (Å²) in [6.07, 6.45) is -2.00. The van der Waals surface area contributed by atoms with Crippen molar-refractivity contribution in [2.75, 3.05) is 0 Å². The normalized spacial score (nSPS) is 10.2. The van der Waals surface area contributed by atoms with Crippen LogP contribution in [0.3, 0.4) is 0 Å². The van der Waals surface area contributed by atoms with Gasteiger partial charge in [-0.3, -0.25) is 9.36 Å². The van der Waals surface area contributed by atoms with Gasteiger partial charge >= 0.3 is 0 Å². The summed E-state index contributed by atoms with van der Waals surface area (Å²) in [7, 11) is 0.